The minimum Gasteiger partial charge on any atom is -0.496 e. The maximum Gasteiger partial charge on any atom is 0.133 e. The second kappa shape index (κ2) is 5.84. The van der Waals surface area contributed by atoms with Crippen LogP contribution in [-0.2, 0) is 6.42 Å². The number of hydrogen-bond donors (Lipinski definition) is 1. The van der Waals surface area contributed by atoms with Crippen LogP contribution in [0.5, 0.6) is 5.75 Å². The Labute approximate surface area is 124 Å². The SMILES string of the molecule is COc1ccc(CC2(O)CCCC(C)C2C)cc1Br. The van der Waals surface area contributed by atoms with Crippen LogP contribution in [0.1, 0.15) is 38.7 Å². The van der Waals surface area contributed by atoms with E-state index in [1.807, 2.05) is 12.1 Å². The lowest BCUT2D eigenvalue weighted by atomic mass is 9.68. The Morgan fingerprint density at radius 1 is 1.42 bits per heavy atom. The van der Waals surface area contributed by atoms with Crippen molar-refractivity contribution in [2.45, 2.75) is 45.1 Å². The van der Waals surface area contributed by atoms with Gasteiger partial charge >= 0.3 is 0 Å². The molecule has 0 heterocycles. The van der Waals surface area contributed by atoms with Crippen molar-refractivity contribution in [1.29, 1.82) is 0 Å². The molecule has 106 valence electrons. The molecule has 0 spiro atoms. The first-order valence-corrected chi connectivity index (χ1v) is 7.80. The highest BCUT2D eigenvalue weighted by atomic mass is 79.9. The number of benzene rings is 1. The Morgan fingerprint density at radius 2 is 2.16 bits per heavy atom. The molecule has 0 aliphatic heterocycles. The van der Waals surface area contributed by atoms with E-state index in [9.17, 15) is 5.11 Å². The Balaban J connectivity index is 2.17. The van der Waals surface area contributed by atoms with E-state index in [1.165, 1.54) is 6.42 Å². The van der Waals surface area contributed by atoms with Gasteiger partial charge in [-0.1, -0.05) is 32.8 Å². The largest absolute Gasteiger partial charge is 0.496 e. The van der Waals surface area contributed by atoms with Gasteiger partial charge in [0.15, 0.2) is 0 Å². The second-order valence-electron chi connectivity index (χ2n) is 5.91. The van der Waals surface area contributed by atoms with Crippen LogP contribution in [0.25, 0.3) is 0 Å². The average molecular weight is 327 g/mol. The summed E-state index contributed by atoms with van der Waals surface area (Å²) < 4.78 is 6.20. The van der Waals surface area contributed by atoms with Gasteiger partial charge < -0.3 is 9.84 Å². The molecule has 3 unspecified atom stereocenters. The quantitative estimate of drug-likeness (QED) is 0.902. The van der Waals surface area contributed by atoms with Crippen LogP contribution in [-0.4, -0.2) is 17.8 Å². The van der Waals surface area contributed by atoms with Crippen molar-refractivity contribution in [2.24, 2.45) is 11.8 Å². The van der Waals surface area contributed by atoms with Crippen molar-refractivity contribution in [3.63, 3.8) is 0 Å². The van der Waals surface area contributed by atoms with Gasteiger partial charge in [-0.25, -0.2) is 0 Å². The number of ether oxygens (including phenoxy) is 1. The zero-order valence-electron chi connectivity index (χ0n) is 11.9. The smallest absolute Gasteiger partial charge is 0.133 e. The van der Waals surface area contributed by atoms with E-state index in [0.717, 1.165) is 35.0 Å². The van der Waals surface area contributed by atoms with E-state index in [1.54, 1.807) is 7.11 Å². The minimum absolute atomic E-state index is 0.349. The molecule has 1 aliphatic carbocycles. The molecule has 0 radical (unpaired) electrons. The van der Waals surface area contributed by atoms with Crippen LogP contribution in [0.15, 0.2) is 22.7 Å². The highest BCUT2D eigenvalue weighted by Crippen LogP contribution is 2.40. The zero-order valence-corrected chi connectivity index (χ0v) is 13.5. The molecular weight excluding hydrogens is 304 g/mol. The highest BCUT2D eigenvalue weighted by Gasteiger charge is 2.39. The van der Waals surface area contributed by atoms with Crippen LogP contribution in [0.3, 0.4) is 0 Å². The maximum atomic E-state index is 10.9. The molecule has 1 aromatic rings. The van der Waals surface area contributed by atoms with Crippen LogP contribution in [0.4, 0.5) is 0 Å². The fourth-order valence-electron chi connectivity index (χ4n) is 3.16. The summed E-state index contributed by atoms with van der Waals surface area (Å²) in [5.41, 5.74) is 0.599. The van der Waals surface area contributed by atoms with E-state index < -0.39 is 5.60 Å². The lowest BCUT2D eigenvalue weighted by molar-refractivity contribution is -0.0621. The van der Waals surface area contributed by atoms with Gasteiger partial charge in [-0.05, 0) is 51.9 Å². The number of rotatable bonds is 3. The predicted octanol–water partition coefficient (Wildman–Crippen LogP) is 4.19. The molecule has 0 saturated heterocycles. The third-order valence-corrected chi connectivity index (χ3v) is 5.32. The molecule has 0 aromatic heterocycles. The highest BCUT2D eigenvalue weighted by molar-refractivity contribution is 9.10. The third-order valence-electron chi connectivity index (χ3n) is 4.70. The van der Waals surface area contributed by atoms with Crippen molar-refractivity contribution in [3.8, 4) is 5.75 Å². The first-order chi connectivity index (χ1) is 8.96. The molecule has 3 atom stereocenters. The van der Waals surface area contributed by atoms with Gasteiger partial charge in [-0.2, -0.15) is 0 Å². The van der Waals surface area contributed by atoms with Crippen molar-refractivity contribution in [1.82, 2.24) is 0 Å². The topological polar surface area (TPSA) is 29.5 Å². The minimum atomic E-state index is -0.564. The number of hydrogen-bond acceptors (Lipinski definition) is 2. The summed E-state index contributed by atoms with van der Waals surface area (Å²) in [4.78, 5) is 0. The van der Waals surface area contributed by atoms with Crippen molar-refractivity contribution >= 4 is 15.9 Å². The first kappa shape index (κ1) is 14.9. The van der Waals surface area contributed by atoms with E-state index >= 15 is 0 Å². The van der Waals surface area contributed by atoms with Crippen molar-refractivity contribution in [2.75, 3.05) is 7.11 Å². The molecule has 0 amide bonds. The molecule has 2 nitrogen and oxygen atoms in total. The fourth-order valence-corrected chi connectivity index (χ4v) is 3.75. The Morgan fingerprint density at radius 3 is 2.79 bits per heavy atom. The van der Waals surface area contributed by atoms with Gasteiger partial charge in [0.25, 0.3) is 0 Å². The van der Waals surface area contributed by atoms with Gasteiger partial charge in [0.1, 0.15) is 5.75 Å². The molecule has 1 aromatic carbocycles. The fraction of sp³-hybridized carbons (Fsp3) is 0.625. The van der Waals surface area contributed by atoms with E-state index in [2.05, 4.69) is 35.8 Å². The summed E-state index contributed by atoms with van der Waals surface area (Å²) in [5.74, 6) is 1.78. The first-order valence-electron chi connectivity index (χ1n) is 7.01. The van der Waals surface area contributed by atoms with Crippen LogP contribution in [0.2, 0.25) is 0 Å². The summed E-state index contributed by atoms with van der Waals surface area (Å²) in [6.07, 6.45) is 3.98. The van der Waals surface area contributed by atoms with Crippen molar-refractivity contribution < 1.29 is 9.84 Å². The summed E-state index contributed by atoms with van der Waals surface area (Å²) in [7, 11) is 1.66. The molecule has 2 rings (SSSR count). The number of methoxy groups -OCH3 is 1. The lowest BCUT2D eigenvalue weighted by Gasteiger charge is -2.42. The molecule has 1 fully saturated rings. The second-order valence-corrected chi connectivity index (χ2v) is 6.76. The molecule has 1 aliphatic rings. The van der Waals surface area contributed by atoms with Crippen LogP contribution in [0, 0.1) is 11.8 Å². The normalized spacial score (nSPS) is 31.2. The third kappa shape index (κ3) is 3.14. The average Bonchev–Trinajstić information content (AvgIpc) is 2.36. The van der Waals surface area contributed by atoms with Gasteiger partial charge in [0.2, 0.25) is 0 Å². The van der Waals surface area contributed by atoms with Crippen LogP contribution < -0.4 is 4.74 Å². The molecular formula is C16H23BrO2. The monoisotopic (exact) mass is 326 g/mol. The van der Waals surface area contributed by atoms with E-state index in [-0.39, 0.29) is 0 Å². The standard InChI is InChI=1S/C16H23BrO2/c1-11-5-4-8-16(18,12(11)2)10-13-6-7-15(19-3)14(17)9-13/h6-7,9,11-12,18H,4-5,8,10H2,1-3H3. The Bertz CT molecular complexity index is 446. The summed E-state index contributed by atoms with van der Waals surface area (Å²) in [5, 5.41) is 10.9. The van der Waals surface area contributed by atoms with Crippen molar-refractivity contribution in [3.05, 3.63) is 28.2 Å². The maximum absolute atomic E-state index is 10.9. The van der Waals surface area contributed by atoms with Gasteiger partial charge in [0.05, 0.1) is 17.2 Å². The predicted molar refractivity (Wildman–Crippen MR) is 81.5 cm³/mol. The molecule has 3 heteroatoms. The van der Waals surface area contributed by atoms with E-state index in [4.69, 9.17) is 4.74 Å². The number of halogens is 1. The summed E-state index contributed by atoms with van der Waals surface area (Å²) >= 11 is 3.51. The Kier molecular flexibility index (Phi) is 4.57. The van der Waals surface area contributed by atoms with Gasteiger partial charge in [-0.15, -0.1) is 0 Å². The van der Waals surface area contributed by atoms with Gasteiger partial charge in [0, 0.05) is 6.42 Å². The number of aliphatic hydroxyl groups is 1. The molecule has 0 bridgehead atoms. The summed E-state index contributed by atoms with van der Waals surface area (Å²) in [6, 6.07) is 6.07. The molecule has 1 N–H and O–H groups in total. The van der Waals surface area contributed by atoms with Crippen LogP contribution >= 0.6 is 15.9 Å². The zero-order chi connectivity index (χ0) is 14.0. The molecule has 19 heavy (non-hydrogen) atoms. The molecule has 1 saturated carbocycles. The Hall–Kier alpha value is -0.540. The van der Waals surface area contributed by atoms with E-state index in [0.29, 0.717) is 11.8 Å². The van der Waals surface area contributed by atoms with Gasteiger partial charge in [-0.3, -0.25) is 0 Å². The summed E-state index contributed by atoms with van der Waals surface area (Å²) in [6.45, 7) is 4.43. The lowest BCUT2D eigenvalue weighted by Crippen LogP contribution is -2.44.